The van der Waals surface area contributed by atoms with E-state index in [9.17, 15) is 4.39 Å². The lowest BCUT2D eigenvalue weighted by Gasteiger charge is -2.49. The van der Waals surface area contributed by atoms with Gasteiger partial charge in [-0.15, -0.1) is 0 Å². The lowest BCUT2D eigenvalue weighted by atomic mass is 9.65. The van der Waals surface area contributed by atoms with Crippen LogP contribution in [0.2, 0.25) is 5.02 Å². The van der Waals surface area contributed by atoms with E-state index in [-0.39, 0.29) is 11.2 Å². The summed E-state index contributed by atoms with van der Waals surface area (Å²) in [6.07, 6.45) is 2.16. The van der Waals surface area contributed by atoms with Crippen molar-refractivity contribution in [2.75, 3.05) is 26.3 Å². The molecule has 0 aromatic heterocycles. The van der Waals surface area contributed by atoms with Crippen molar-refractivity contribution in [1.82, 2.24) is 5.32 Å². The average molecular weight is 270 g/mol. The Balaban J connectivity index is 1.97. The third kappa shape index (κ3) is 1.94. The topological polar surface area (TPSA) is 21.3 Å². The molecule has 2 fully saturated rings. The van der Waals surface area contributed by atoms with E-state index >= 15 is 0 Å². The van der Waals surface area contributed by atoms with Gasteiger partial charge in [0.25, 0.3) is 0 Å². The van der Waals surface area contributed by atoms with Crippen LogP contribution in [0.25, 0.3) is 0 Å². The van der Waals surface area contributed by atoms with Crippen LogP contribution in [-0.2, 0) is 10.2 Å². The molecule has 2 aliphatic heterocycles. The number of piperidine rings is 1. The minimum Gasteiger partial charge on any atom is -0.379 e. The highest BCUT2D eigenvalue weighted by molar-refractivity contribution is 6.30. The number of nitrogens with one attached hydrogen (secondary N) is 1. The number of rotatable bonds is 2. The summed E-state index contributed by atoms with van der Waals surface area (Å²) in [5.41, 5.74) is 0.588. The lowest BCUT2D eigenvalue weighted by molar-refractivity contribution is -0.0979. The molecule has 1 N–H and O–H groups in total. The van der Waals surface area contributed by atoms with Gasteiger partial charge in [-0.3, -0.25) is 0 Å². The predicted molar refractivity (Wildman–Crippen MR) is 69.5 cm³/mol. The Labute approximate surface area is 111 Å². The molecular weight excluding hydrogens is 253 g/mol. The summed E-state index contributed by atoms with van der Waals surface area (Å²) in [6.45, 7) is 3.26. The third-order valence-electron chi connectivity index (χ3n) is 4.30. The molecule has 0 atom stereocenters. The zero-order valence-electron chi connectivity index (χ0n) is 10.2. The van der Waals surface area contributed by atoms with Crippen LogP contribution in [0.15, 0.2) is 18.2 Å². The molecule has 18 heavy (non-hydrogen) atoms. The minimum atomic E-state index is -0.156. The fourth-order valence-corrected chi connectivity index (χ4v) is 3.36. The summed E-state index contributed by atoms with van der Waals surface area (Å²) in [4.78, 5) is 0. The van der Waals surface area contributed by atoms with Crippen LogP contribution in [0.5, 0.6) is 0 Å². The highest BCUT2D eigenvalue weighted by Crippen LogP contribution is 2.44. The van der Waals surface area contributed by atoms with Crippen molar-refractivity contribution in [1.29, 1.82) is 0 Å². The van der Waals surface area contributed by atoms with E-state index in [1.807, 2.05) is 0 Å². The molecule has 1 aromatic rings. The monoisotopic (exact) mass is 269 g/mol. The zero-order chi connectivity index (χ0) is 12.6. The maximum absolute atomic E-state index is 14.1. The second-order valence-electron chi connectivity index (χ2n) is 5.30. The molecule has 0 bridgehead atoms. The van der Waals surface area contributed by atoms with E-state index in [0.717, 1.165) is 31.5 Å². The first-order valence-electron chi connectivity index (χ1n) is 6.46. The van der Waals surface area contributed by atoms with E-state index in [0.29, 0.717) is 24.2 Å². The summed E-state index contributed by atoms with van der Waals surface area (Å²) >= 11 is 6.02. The van der Waals surface area contributed by atoms with Crippen molar-refractivity contribution in [2.45, 2.75) is 18.3 Å². The number of halogens is 2. The molecule has 2 aliphatic rings. The van der Waals surface area contributed by atoms with E-state index in [1.54, 1.807) is 12.1 Å². The van der Waals surface area contributed by atoms with E-state index in [1.165, 1.54) is 6.07 Å². The normalized spacial score (nSPS) is 23.7. The van der Waals surface area contributed by atoms with E-state index in [4.69, 9.17) is 16.3 Å². The minimum absolute atomic E-state index is 0.152. The highest BCUT2D eigenvalue weighted by Gasteiger charge is 2.48. The van der Waals surface area contributed by atoms with Gasteiger partial charge >= 0.3 is 0 Å². The highest BCUT2D eigenvalue weighted by atomic mass is 35.5. The summed E-state index contributed by atoms with van der Waals surface area (Å²) in [7, 11) is 0. The lowest BCUT2D eigenvalue weighted by Crippen LogP contribution is -2.55. The largest absolute Gasteiger partial charge is 0.379 e. The quantitative estimate of drug-likeness (QED) is 0.891. The predicted octanol–water partition coefficient (Wildman–Crippen LogP) is 2.75. The van der Waals surface area contributed by atoms with Crippen LogP contribution in [0.4, 0.5) is 4.39 Å². The summed E-state index contributed by atoms with van der Waals surface area (Å²) < 4.78 is 19.5. The molecule has 0 unspecified atom stereocenters. The fourth-order valence-electron chi connectivity index (χ4n) is 3.19. The molecule has 0 radical (unpaired) electrons. The molecule has 3 rings (SSSR count). The first kappa shape index (κ1) is 12.4. The Morgan fingerprint density at radius 1 is 1.28 bits per heavy atom. The molecule has 98 valence electrons. The van der Waals surface area contributed by atoms with Crippen molar-refractivity contribution in [3.05, 3.63) is 34.6 Å². The molecule has 0 spiro atoms. The smallest absolute Gasteiger partial charge is 0.127 e. The summed E-state index contributed by atoms with van der Waals surface area (Å²) in [5.74, 6) is 0.335. The van der Waals surface area contributed by atoms with Crippen LogP contribution in [0.3, 0.4) is 0 Å². The van der Waals surface area contributed by atoms with Gasteiger partial charge < -0.3 is 10.1 Å². The maximum atomic E-state index is 14.1. The van der Waals surface area contributed by atoms with Gasteiger partial charge in [-0.1, -0.05) is 11.6 Å². The van der Waals surface area contributed by atoms with Gasteiger partial charge in [0.15, 0.2) is 0 Å². The molecule has 2 heterocycles. The van der Waals surface area contributed by atoms with E-state index in [2.05, 4.69) is 5.32 Å². The average Bonchev–Trinajstić information content (AvgIpc) is 2.34. The molecule has 2 nitrogen and oxygen atoms in total. The van der Waals surface area contributed by atoms with Crippen LogP contribution < -0.4 is 5.32 Å². The maximum Gasteiger partial charge on any atom is 0.127 e. The zero-order valence-corrected chi connectivity index (χ0v) is 11.0. The first-order valence-corrected chi connectivity index (χ1v) is 6.84. The Bertz CT molecular complexity index is 441. The summed E-state index contributed by atoms with van der Waals surface area (Å²) in [6, 6.07) is 4.86. The summed E-state index contributed by atoms with van der Waals surface area (Å²) in [5, 5.41) is 3.96. The van der Waals surface area contributed by atoms with Crippen LogP contribution in [0, 0.1) is 11.7 Å². The molecule has 4 heteroatoms. The molecule has 0 aliphatic carbocycles. The van der Waals surface area contributed by atoms with Gasteiger partial charge in [-0.05, 0) is 50.0 Å². The van der Waals surface area contributed by atoms with Crippen molar-refractivity contribution >= 4 is 11.6 Å². The second kappa shape index (κ2) is 4.80. The molecule has 2 saturated heterocycles. The Kier molecular flexibility index (Phi) is 3.31. The Morgan fingerprint density at radius 2 is 2.00 bits per heavy atom. The fraction of sp³-hybridized carbons (Fsp3) is 0.571. The molecule has 0 amide bonds. The number of benzene rings is 1. The molecule has 0 saturated carbocycles. The Morgan fingerprint density at radius 3 is 2.61 bits per heavy atom. The first-order chi connectivity index (χ1) is 8.72. The number of ether oxygens (including phenoxy) is 1. The van der Waals surface area contributed by atoms with Gasteiger partial charge in [0.1, 0.15) is 5.82 Å². The number of hydrogen-bond donors (Lipinski definition) is 1. The van der Waals surface area contributed by atoms with Crippen molar-refractivity contribution in [3.8, 4) is 0 Å². The van der Waals surface area contributed by atoms with Gasteiger partial charge in [0.05, 0.1) is 13.2 Å². The van der Waals surface area contributed by atoms with Crippen molar-refractivity contribution < 1.29 is 9.13 Å². The van der Waals surface area contributed by atoms with Gasteiger partial charge in [-0.25, -0.2) is 4.39 Å². The second-order valence-corrected chi connectivity index (χ2v) is 5.73. The van der Waals surface area contributed by atoms with Gasteiger partial charge in [0.2, 0.25) is 0 Å². The van der Waals surface area contributed by atoms with Crippen LogP contribution in [0.1, 0.15) is 18.4 Å². The van der Waals surface area contributed by atoms with Crippen LogP contribution in [-0.4, -0.2) is 26.3 Å². The SMILES string of the molecule is Fc1ccc(Cl)cc1C1(C2CCNCC2)COC1. The molecule has 1 aromatic carbocycles. The van der Waals surface area contributed by atoms with Gasteiger partial charge in [0, 0.05) is 16.0 Å². The van der Waals surface area contributed by atoms with Crippen LogP contribution >= 0.6 is 11.6 Å². The standard InChI is InChI=1S/C14H17ClFNO/c15-11-1-2-13(16)12(7-11)14(8-18-9-14)10-3-5-17-6-4-10/h1-2,7,10,17H,3-6,8-9H2. The van der Waals surface area contributed by atoms with E-state index < -0.39 is 0 Å². The van der Waals surface area contributed by atoms with Crippen molar-refractivity contribution in [3.63, 3.8) is 0 Å². The third-order valence-corrected chi connectivity index (χ3v) is 4.54. The Hall–Kier alpha value is -0.640. The van der Waals surface area contributed by atoms with Crippen molar-refractivity contribution in [2.24, 2.45) is 5.92 Å². The molecular formula is C14H17ClFNO. The number of hydrogen-bond acceptors (Lipinski definition) is 2. The van der Waals surface area contributed by atoms with Gasteiger partial charge in [-0.2, -0.15) is 0 Å².